The molecular formula is C28H28N2O5. The van der Waals surface area contributed by atoms with Crippen LogP contribution in [0.5, 0.6) is 11.6 Å². The summed E-state index contributed by atoms with van der Waals surface area (Å²) in [7, 11) is 2.99. The number of hydrogen-bond acceptors (Lipinski definition) is 7. The Hall–Kier alpha value is -3.97. The fourth-order valence-corrected chi connectivity index (χ4v) is 3.66. The van der Waals surface area contributed by atoms with Crippen molar-refractivity contribution in [3.8, 4) is 23.0 Å². The van der Waals surface area contributed by atoms with Gasteiger partial charge in [0.05, 0.1) is 31.7 Å². The Morgan fingerprint density at radius 1 is 0.857 bits per heavy atom. The molecule has 0 fully saturated rings. The molecule has 0 spiro atoms. The Morgan fingerprint density at radius 2 is 1.63 bits per heavy atom. The Labute approximate surface area is 204 Å². The third-order valence-corrected chi connectivity index (χ3v) is 5.48. The molecule has 1 unspecified atom stereocenters. The molecule has 1 heterocycles. The zero-order valence-electron chi connectivity index (χ0n) is 19.8. The lowest BCUT2D eigenvalue weighted by atomic mass is 10.1. The van der Waals surface area contributed by atoms with Gasteiger partial charge >= 0.3 is 5.97 Å². The molecule has 180 valence electrons. The summed E-state index contributed by atoms with van der Waals surface area (Å²) in [5, 5.41) is 0.852. The van der Waals surface area contributed by atoms with Gasteiger partial charge in [0.2, 0.25) is 5.88 Å². The van der Waals surface area contributed by atoms with Crippen LogP contribution in [0, 0.1) is 0 Å². The van der Waals surface area contributed by atoms with Gasteiger partial charge in [0, 0.05) is 12.2 Å². The molecule has 0 aliphatic rings. The maximum Gasteiger partial charge on any atom is 0.339 e. The summed E-state index contributed by atoms with van der Waals surface area (Å²) in [5.74, 6) is 1.43. The van der Waals surface area contributed by atoms with Gasteiger partial charge in [-0.25, -0.2) is 9.78 Å². The highest BCUT2D eigenvalue weighted by Crippen LogP contribution is 2.28. The second kappa shape index (κ2) is 11.9. The number of methoxy groups -OCH3 is 2. The third-order valence-electron chi connectivity index (χ3n) is 5.48. The van der Waals surface area contributed by atoms with E-state index < -0.39 is 12.1 Å². The van der Waals surface area contributed by atoms with E-state index >= 15 is 0 Å². The van der Waals surface area contributed by atoms with E-state index in [1.807, 2.05) is 78.9 Å². The minimum atomic E-state index is -0.738. The average Bonchev–Trinajstić information content (AvgIpc) is 2.92. The molecular weight excluding hydrogens is 444 g/mol. The van der Waals surface area contributed by atoms with Crippen LogP contribution in [0.2, 0.25) is 0 Å². The summed E-state index contributed by atoms with van der Waals surface area (Å²) in [4.78, 5) is 21.5. The van der Waals surface area contributed by atoms with E-state index in [1.165, 1.54) is 7.11 Å². The maximum absolute atomic E-state index is 12.1. The second-order valence-corrected chi connectivity index (χ2v) is 7.84. The largest absolute Gasteiger partial charge is 0.497 e. The lowest BCUT2D eigenvalue weighted by Crippen LogP contribution is -2.18. The van der Waals surface area contributed by atoms with Gasteiger partial charge in [-0.3, -0.25) is 0 Å². The van der Waals surface area contributed by atoms with E-state index in [4.69, 9.17) is 23.9 Å². The van der Waals surface area contributed by atoms with E-state index in [9.17, 15) is 4.79 Å². The fraction of sp³-hybridized carbons (Fsp3) is 0.250. The molecule has 4 aromatic rings. The zero-order chi connectivity index (χ0) is 24.5. The lowest BCUT2D eigenvalue weighted by Gasteiger charge is -2.16. The summed E-state index contributed by atoms with van der Waals surface area (Å²) in [6.45, 7) is 0.855. The Bertz CT molecular complexity index is 1260. The first-order valence-corrected chi connectivity index (χ1v) is 11.5. The van der Waals surface area contributed by atoms with Gasteiger partial charge in [-0.05, 0) is 42.7 Å². The van der Waals surface area contributed by atoms with Crippen molar-refractivity contribution in [2.75, 3.05) is 27.4 Å². The molecule has 0 radical (unpaired) electrons. The molecule has 0 saturated carbocycles. The number of hydrogen-bond donors (Lipinski definition) is 0. The quantitative estimate of drug-likeness (QED) is 0.214. The van der Waals surface area contributed by atoms with Crippen molar-refractivity contribution >= 4 is 16.9 Å². The van der Waals surface area contributed by atoms with Crippen molar-refractivity contribution in [2.45, 2.75) is 18.9 Å². The van der Waals surface area contributed by atoms with E-state index in [1.54, 1.807) is 7.11 Å². The molecule has 0 aliphatic carbocycles. The number of para-hydroxylation sites is 1. The van der Waals surface area contributed by atoms with Gasteiger partial charge in [0.25, 0.3) is 0 Å². The number of fused-ring (bicyclic) bond motifs is 1. The average molecular weight is 473 g/mol. The normalized spacial score (nSPS) is 11.7. The van der Waals surface area contributed by atoms with E-state index in [0.717, 1.165) is 34.2 Å². The van der Waals surface area contributed by atoms with Gasteiger partial charge in [0.15, 0.2) is 11.9 Å². The molecule has 1 atom stereocenters. The molecule has 0 saturated heterocycles. The van der Waals surface area contributed by atoms with Crippen LogP contribution in [0.4, 0.5) is 0 Å². The molecule has 7 nitrogen and oxygen atoms in total. The Balaban J connectivity index is 1.38. The highest BCUT2D eigenvalue weighted by molar-refractivity contribution is 5.85. The predicted molar refractivity (Wildman–Crippen MR) is 133 cm³/mol. The van der Waals surface area contributed by atoms with E-state index in [2.05, 4.69) is 4.98 Å². The smallest absolute Gasteiger partial charge is 0.339 e. The number of unbranched alkanes of at least 4 members (excludes halogenated alkanes) is 1. The third kappa shape index (κ3) is 6.13. The van der Waals surface area contributed by atoms with Crippen LogP contribution >= 0.6 is 0 Å². The van der Waals surface area contributed by atoms with Crippen LogP contribution < -0.4 is 9.47 Å². The molecule has 0 N–H and O–H groups in total. The number of carbonyl (C=O) groups is 1. The fourth-order valence-electron chi connectivity index (χ4n) is 3.66. The predicted octanol–water partition coefficient (Wildman–Crippen LogP) is 5.40. The zero-order valence-corrected chi connectivity index (χ0v) is 19.8. The van der Waals surface area contributed by atoms with Gasteiger partial charge in [-0.2, -0.15) is 4.98 Å². The highest BCUT2D eigenvalue weighted by Gasteiger charge is 2.21. The van der Waals surface area contributed by atoms with Gasteiger partial charge < -0.3 is 18.9 Å². The standard InChI is InChI=1S/C28H28N2O5/c1-32-22-14-10-13-21(19-22)26-29-24-16-7-6-15-23(24)27(30-26)35-18-9-8-17-34-25(28(31)33-2)20-11-4-3-5-12-20/h3-7,10-16,19,25H,8-9,17-18H2,1-2H3. The maximum atomic E-state index is 12.1. The van der Waals surface area contributed by atoms with E-state index in [-0.39, 0.29) is 0 Å². The second-order valence-electron chi connectivity index (χ2n) is 7.84. The molecule has 0 aliphatic heterocycles. The highest BCUT2D eigenvalue weighted by atomic mass is 16.6. The first kappa shape index (κ1) is 24.2. The van der Waals surface area contributed by atoms with Crippen molar-refractivity contribution in [3.05, 3.63) is 84.4 Å². The number of esters is 1. The molecule has 0 amide bonds. The van der Waals surface area contributed by atoms with Crippen LogP contribution in [0.15, 0.2) is 78.9 Å². The number of carbonyl (C=O) groups excluding carboxylic acids is 1. The molecule has 1 aromatic heterocycles. The summed E-state index contributed by atoms with van der Waals surface area (Å²) in [5.41, 5.74) is 2.43. The summed E-state index contributed by atoms with van der Waals surface area (Å²) >= 11 is 0. The lowest BCUT2D eigenvalue weighted by molar-refractivity contribution is -0.154. The van der Waals surface area contributed by atoms with Crippen LogP contribution in [0.3, 0.4) is 0 Å². The number of nitrogens with zero attached hydrogens (tertiary/aromatic N) is 2. The summed E-state index contributed by atoms with van der Waals surface area (Å²) < 4.78 is 22.1. The van der Waals surface area contributed by atoms with Crippen LogP contribution in [-0.4, -0.2) is 43.4 Å². The number of benzene rings is 3. The van der Waals surface area contributed by atoms with Crippen LogP contribution in [-0.2, 0) is 14.3 Å². The molecule has 35 heavy (non-hydrogen) atoms. The van der Waals surface area contributed by atoms with Crippen molar-refractivity contribution in [3.63, 3.8) is 0 Å². The minimum absolute atomic E-state index is 0.400. The molecule has 7 heteroatoms. The molecule has 0 bridgehead atoms. The van der Waals surface area contributed by atoms with Crippen molar-refractivity contribution in [2.24, 2.45) is 0 Å². The SMILES string of the molecule is COC(=O)C(OCCCCOc1nc(-c2cccc(OC)c2)nc2ccccc12)c1ccccc1. The van der Waals surface area contributed by atoms with Crippen LogP contribution in [0.1, 0.15) is 24.5 Å². The number of aromatic nitrogens is 2. The monoisotopic (exact) mass is 472 g/mol. The van der Waals surface area contributed by atoms with Crippen molar-refractivity contribution in [1.82, 2.24) is 9.97 Å². The number of rotatable bonds is 11. The number of ether oxygens (including phenoxy) is 4. The topological polar surface area (TPSA) is 79.8 Å². The van der Waals surface area contributed by atoms with Crippen LogP contribution in [0.25, 0.3) is 22.3 Å². The molecule has 4 rings (SSSR count). The Morgan fingerprint density at radius 3 is 2.43 bits per heavy atom. The van der Waals surface area contributed by atoms with E-state index in [0.29, 0.717) is 31.3 Å². The molecule has 3 aromatic carbocycles. The Kier molecular flexibility index (Phi) is 8.25. The minimum Gasteiger partial charge on any atom is -0.497 e. The van der Waals surface area contributed by atoms with Gasteiger partial charge in [0.1, 0.15) is 5.75 Å². The first-order chi connectivity index (χ1) is 17.2. The van der Waals surface area contributed by atoms with Crippen molar-refractivity contribution in [1.29, 1.82) is 0 Å². The van der Waals surface area contributed by atoms with Gasteiger partial charge in [-0.15, -0.1) is 0 Å². The van der Waals surface area contributed by atoms with Gasteiger partial charge in [-0.1, -0.05) is 54.6 Å². The first-order valence-electron chi connectivity index (χ1n) is 11.5. The summed E-state index contributed by atoms with van der Waals surface area (Å²) in [6.07, 6.45) is 0.708. The van der Waals surface area contributed by atoms with Crippen molar-refractivity contribution < 1.29 is 23.7 Å². The summed E-state index contributed by atoms with van der Waals surface area (Å²) in [6, 6.07) is 24.7.